The number of nitrogens with two attached hydrogens (primary N) is 1. The van der Waals surface area contributed by atoms with E-state index in [9.17, 15) is 17.9 Å². The largest absolute Gasteiger partial charge is 0.506 e. The van der Waals surface area contributed by atoms with Gasteiger partial charge in [0.1, 0.15) is 11.6 Å². The lowest BCUT2D eigenvalue weighted by atomic mass is 10.2. The fraction of sp³-hybridized carbons (Fsp3) is 0.143. The Morgan fingerprint density at radius 2 is 1.95 bits per heavy atom. The molecular formula is C14H13FN2O3S. The van der Waals surface area contributed by atoms with Gasteiger partial charge in [0.15, 0.2) is 0 Å². The summed E-state index contributed by atoms with van der Waals surface area (Å²) >= 11 is 0. The Morgan fingerprint density at radius 1 is 1.19 bits per heavy atom. The number of nitrogens with zero attached hydrogens (tertiary/aromatic N) is 1. The van der Waals surface area contributed by atoms with Crippen molar-refractivity contribution in [3.63, 3.8) is 0 Å². The lowest BCUT2D eigenvalue weighted by Crippen LogP contribution is -2.29. The molecule has 0 unspecified atom stereocenters. The molecule has 0 radical (unpaired) electrons. The minimum atomic E-state index is -3.83. The Hall–Kier alpha value is -2.28. The molecule has 0 bridgehead atoms. The maximum absolute atomic E-state index is 13.4. The first-order chi connectivity index (χ1) is 9.89. The molecule has 1 heterocycles. The molecule has 2 aromatic carbocycles. The van der Waals surface area contributed by atoms with Crippen LogP contribution in [0, 0.1) is 5.82 Å². The topological polar surface area (TPSA) is 83.6 Å². The van der Waals surface area contributed by atoms with Gasteiger partial charge in [0.25, 0.3) is 10.0 Å². The molecule has 1 aliphatic rings. The minimum Gasteiger partial charge on any atom is -0.506 e. The van der Waals surface area contributed by atoms with E-state index < -0.39 is 15.8 Å². The summed E-state index contributed by atoms with van der Waals surface area (Å²) in [6.07, 6.45) is 0.530. The number of hydrogen-bond acceptors (Lipinski definition) is 4. The number of phenols is 1. The van der Waals surface area contributed by atoms with Crippen LogP contribution in [-0.4, -0.2) is 20.1 Å². The summed E-state index contributed by atoms with van der Waals surface area (Å²) in [6, 6.07) is 7.81. The van der Waals surface area contributed by atoms with Gasteiger partial charge in [-0.25, -0.2) is 12.8 Å². The van der Waals surface area contributed by atoms with Crippen LogP contribution in [0.5, 0.6) is 5.75 Å². The third-order valence-corrected chi connectivity index (χ3v) is 5.30. The number of benzene rings is 2. The lowest BCUT2D eigenvalue weighted by Gasteiger charge is -2.20. The van der Waals surface area contributed by atoms with Gasteiger partial charge in [-0.2, -0.15) is 0 Å². The van der Waals surface area contributed by atoms with Crippen LogP contribution < -0.4 is 10.0 Å². The predicted octanol–water partition coefficient (Wildman–Crippen LogP) is 1.86. The first kappa shape index (κ1) is 13.7. The smallest absolute Gasteiger partial charge is 0.264 e. The van der Waals surface area contributed by atoms with Crippen molar-refractivity contribution in [1.29, 1.82) is 0 Å². The van der Waals surface area contributed by atoms with Gasteiger partial charge in [0.2, 0.25) is 0 Å². The van der Waals surface area contributed by atoms with Crippen LogP contribution in [0.2, 0.25) is 0 Å². The summed E-state index contributed by atoms with van der Waals surface area (Å²) in [4.78, 5) is -0.0325. The zero-order valence-corrected chi connectivity index (χ0v) is 11.8. The van der Waals surface area contributed by atoms with Gasteiger partial charge in [-0.3, -0.25) is 4.31 Å². The molecular weight excluding hydrogens is 295 g/mol. The van der Waals surface area contributed by atoms with Crippen molar-refractivity contribution in [2.75, 3.05) is 16.6 Å². The van der Waals surface area contributed by atoms with Crippen LogP contribution in [0.15, 0.2) is 41.3 Å². The summed E-state index contributed by atoms with van der Waals surface area (Å²) in [7, 11) is -3.83. The van der Waals surface area contributed by atoms with Gasteiger partial charge < -0.3 is 10.8 Å². The number of anilines is 2. The van der Waals surface area contributed by atoms with E-state index in [1.807, 2.05) is 0 Å². The minimum absolute atomic E-state index is 0.0188. The lowest BCUT2D eigenvalue weighted by molar-refractivity contribution is 0.477. The van der Waals surface area contributed by atoms with E-state index in [1.54, 1.807) is 6.07 Å². The molecule has 1 aliphatic heterocycles. The molecule has 3 N–H and O–H groups in total. The van der Waals surface area contributed by atoms with Crippen molar-refractivity contribution in [2.45, 2.75) is 11.3 Å². The highest BCUT2D eigenvalue weighted by molar-refractivity contribution is 7.92. The molecule has 0 saturated carbocycles. The highest BCUT2D eigenvalue weighted by atomic mass is 32.2. The van der Waals surface area contributed by atoms with Crippen LogP contribution in [0.1, 0.15) is 5.56 Å². The molecule has 7 heteroatoms. The van der Waals surface area contributed by atoms with Gasteiger partial charge in [-0.1, -0.05) is 6.07 Å². The van der Waals surface area contributed by atoms with Crippen molar-refractivity contribution < 1.29 is 17.9 Å². The summed E-state index contributed by atoms with van der Waals surface area (Å²) in [5, 5.41) is 9.39. The molecule has 0 amide bonds. The second-order valence-electron chi connectivity index (χ2n) is 4.82. The van der Waals surface area contributed by atoms with E-state index in [0.29, 0.717) is 12.1 Å². The molecule has 0 atom stereocenters. The average molecular weight is 308 g/mol. The molecule has 0 aliphatic carbocycles. The monoisotopic (exact) mass is 308 g/mol. The van der Waals surface area contributed by atoms with Crippen molar-refractivity contribution >= 4 is 21.4 Å². The SMILES string of the molecule is Nc1cc(S(=O)(=O)N2CCc3ccc(F)cc32)ccc1O. The summed E-state index contributed by atoms with van der Waals surface area (Å²) in [5.74, 6) is -0.664. The second-order valence-corrected chi connectivity index (χ2v) is 6.68. The van der Waals surface area contributed by atoms with Crippen LogP contribution in [-0.2, 0) is 16.4 Å². The molecule has 0 spiro atoms. The van der Waals surface area contributed by atoms with Crippen molar-refractivity contribution in [2.24, 2.45) is 0 Å². The first-order valence-corrected chi connectivity index (χ1v) is 7.73. The van der Waals surface area contributed by atoms with Crippen molar-refractivity contribution in [3.8, 4) is 5.75 Å². The van der Waals surface area contributed by atoms with E-state index >= 15 is 0 Å². The van der Waals surface area contributed by atoms with Crippen LogP contribution >= 0.6 is 0 Å². The summed E-state index contributed by atoms with van der Waals surface area (Å²) in [5.41, 5.74) is 6.66. The molecule has 110 valence electrons. The fourth-order valence-electron chi connectivity index (χ4n) is 2.39. The van der Waals surface area contributed by atoms with Gasteiger partial charge in [-0.05, 0) is 42.3 Å². The Morgan fingerprint density at radius 3 is 2.67 bits per heavy atom. The van der Waals surface area contributed by atoms with E-state index in [-0.39, 0.29) is 22.9 Å². The zero-order chi connectivity index (χ0) is 15.2. The van der Waals surface area contributed by atoms with Crippen LogP contribution in [0.25, 0.3) is 0 Å². The Bertz CT molecular complexity index is 821. The van der Waals surface area contributed by atoms with E-state index in [1.165, 1.54) is 30.3 Å². The van der Waals surface area contributed by atoms with Crippen LogP contribution in [0.3, 0.4) is 0 Å². The summed E-state index contributed by atoms with van der Waals surface area (Å²) in [6.45, 7) is 0.252. The standard InChI is InChI=1S/C14H13FN2O3S/c15-10-2-1-9-5-6-17(13(9)7-10)21(19,20)11-3-4-14(18)12(16)8-11/h1-4,7-8,18H,5-6,16H2. The maximum atomic E-state index is 13.4. The second kappa shape index (κ2) is 4.63. The molecule has 0 saturated heterocycles. The normalized spacial score (nSPS) is 14.2. The maximum Gasteiger partial charge on any atom is 0.264 e. The van der Waals surface area contributed by atoms with E-state index in [2.05, 4.69) is 0 Å². The highest BCUT2D eigenvalue weighted by Gasteiger charge is 2.31. The Kier molecular flexibility index (Phi) is 3.02. The fourth-order valence-corrected chi connectivity index (χ4v) is 3.92. The number of sulfonamides is 1. The number of phenolic OH excluding ortho intramolecular Hbond substituents is 1. The molecule has 3 rings (SSSR count). The molecule has 5 nitrogen and oxygen atoms in total. The number of halogens is 1. The van der Waals surface area contributed by atoms with Gasteiger partial charge in [-0.15, -0.1) is 0 Å². The average Bonchev–Trinajstić information content (AvgIpc) is 2.85. The van der Waals surface area contributed by atoms with Gasteiger partial charge >= 0.3 is 0 Å². The molecule has 2 aromatic rings. The molecule has 0 fully saturated rings. The van der Waals surface area contributed by atoms with E-state index in [0.717, 1.165) is 9.87 Å². The number of rotatable bonds is 2. The Balaban J connectivity index is 2.09. The highest BCUT2D eigenvalue weighted by Crippen LogP contribution is 2.34. The third-order valence-electron chi connectivity index (χ3n) is 3.49. The van der Waals surface area contributed by atoms with Gasteiger partial charge in [0, 0.05) is 6.54 Å². The zero-order valence-electron chi connectivity index (χ0n) is 11.0. The third kappa shape index (κ3) is 2.19. The number of hydrogen-bond donors (Lipinski definition) is 2. The quantitative estimate of drug-likeness (QED) is 0.655. The predicted molar refractivity (Wildman–Crippen MR) is 77.2 cm³/mol. The van der Waals surface area contributed by atoms with Crippen molar-refractivity contribution in [3.05, 3.63) is 47.8 Å². The van der Waals surface area contributed by atoms with Crippen LogP contribution in [0.4, 0.5) is 15.8 Å². The van der Waals surface area contributed by atoms with Gasteiger partial charge in [0.05, 0.1) is 16.3 Å². The molecule has 21 heavy (non-hydrogen) atoms. The Labute approximate surface area is 121 Å². The number of nitrogen functional groups attached to an aromatic ring is 1. The summed E-state index contributed by atoms with van der Waals surface area (Å²) < 4.78 is 39.8. The first-order valence-electron chi connectivity index (χ1n) is 6.29. The molecule has 0 aromatic heterocycles. The van der Waals surface area contributed by atoms with E-state index in [4.69, 9.17) is 5.73 Å². The number of aromatic hydroxyl groups is 1. The van der Waals surface area contributed by atoms with Crippen molar-refractivity contribution in [1.82, 2.24) is 0 Å². The number of fused-ring (bicyclic) bond motifs is 1.